The van der Waals surface area contributed by atoms with E-state index < -0.39 is 11.7 Å². The lowest BCUT2D eigenvalue weighted by Gasteiger charge is -2.34. The summed E-state index contributed by atoms with van der Waals surface area (Å²) in [6.07, 6.45) is 5.28. The fourth-order valence-electron chi connectivity index (χ4n) is 4.24. The number of pyridine rings is 2. The fourth-order valence-corrected chi connectivity index (χ4v) is 4.24. The Morgan fingerprint density at radius 1 is 1.17 bits per heavy atom. The van der Waals surface area contributed by atoms with E-state index in [9.17, 15) is 13.2 Å². The molecule has 1 aliphatic carbocycles. The van der Waals surface area contributed by atoms with Crippen molar-refractivity contribution in [3.63, 3.8) is 0 Å². The number of hydrogen-bond donors (Lipinski definition) is 1. The van der Waals surface area contributed by atoms with Crippen molar-refractivity contribution in [1.29, 1.82) is 0 Å². The minimum atomic E-state index is -4.37. The zero-order chi connectivity index (χ0) is 21.1. The number of fused-ring (bicyclic) bond motifs is 2. The normalized spacial score (nSPS) is 16.9. The van der Waals surface area contributed by atoms with Gasteiger partial charge in [-0.2, -0.15) is 13.2 Å². The van der Waals surface area contributed by atoms with Crippen LogP contribution in [0.3, 0.4) is 0 Å². The molecule has 1 unspecified atom stereocenters. The maximum atomic E-state index is 13.0. The van der Waals surface area contributed by atoms with Gasteiger partial charge in [0.1, 0.15) is 5.65 Å². The van der Waals surface area contributed by atoms with E-state index in [1.807, 2.05) is 12.3 Å². The molecule has 0 amide bonds. The fraction of sp³-hybridized carbons (Fsp3) is 0.455. The van der Waals surface area contributed by atoms with Crippen molar-refractivity contribution in [2.45, 2.75) is 50.9 Å². The maximum Gasteiger partial charge on any atom is 0.417 e. The van der Waals surface area contributed by atoms with Crippen LogP contribution in [-0.4, -0.2) is 32.4 Å². The average Bonchev–Trinajstić information content (AvgIpc) is 3.14. The SMILES string of the molecule is NCCCCN(Cc1cn2cc(C(F)(F)F)ccc2n1)C1CCCc2cccnc21. The van der Waals surface area contributed by atoms with Gasteiger partial charge < -0.3 is 10.1 Å². The third kappa shape index (κ3) is 4.49. The van der Waals surface area contributed by atoms with E-state index in [2.05, 4.69) is 20.9 Å². The van der Waals surface area contributed by atoms with E-state index >= 15 is 0 Å². The van der Waals surface area contributed by atoms with Crippen LogP contribution >= 0.6 is 0 Å². The van der Waals surface area contributed by atoms with Gasteiger partial charge in [-0.3, -0.25) is 9.88 Å². The number of hydrogen-bond acceptors (Lipinski definition) is 4. The quantitative estimate of drug-likeness (QED) is 0.580. The molecule has 0 saturated heterocycles. The summed E-state index contributed by atoms with van der Waals surface area (Å²) in [5.41, 5.74) is 8.67. The Bertz CT molecular complexity index is 998. The van der Waals surface area contributed by atoms with Crippen LogP contribution in [-0.2, 0) is 19.1 Å². The zero-order valence-electron chi connectivity index (χ0n) is 16.8. The summed E-state index contributed by atoms with van der Waals surface area (Å²) in [7, 11) is 0. The first-order valence-corrected chi connectivity index (χ1v) is 10.4. The number of alkyl halides is 3. The van der Waals surface area contributed by atoms with E-state index in [0.29, 0.717) is 18.7 Å². The van der Waals surface area contributed by atoms with Gasteiger partial charge in [0.15, 0.2) is 0 Å². The smallest absolute Gasteiger partial charge is 0.330 e. The third-order valence-electron chi connectivity index (χ3n) is 5.70. The molecule has 4 rings (SSSR count). The molecule has 0 fully saturated rings. The van der Waals surface area contributed by atoms with Gasteiger partial charge in [-0.05, 0) is 69.0 Å². The van der Waals surface area contributed by atoms with Crippen LogP contribution in [0, 0.1) is 0 Å². The summed E-state index contributed by atoms with van der Waals surface area (Å²) in [6.45, 7) is 2.05. The molecule has 2 N–H and O–H groups in total. The van der Waals surface area contributed by atoms with E-state index in [-0.39, 0.29) is 6.04 Å². The molecule has 0 saturated carbocycles. The molecule has 3 aromatic rings. The Morgan fingerprint density at radius 3 is 2.83 bits per heavy atom. The number of rotatable bonds is 7. The van der Waals surface area contributed by atoms with Crippen molar-refractivity contribution in [1.82, 2.24) is 19.3 Å². The van der Waals surface area contributed by atoms with E-state index in [4.69, 9.17) is 5.73 Å². The van der Waals surface area contributed by atoms with Gasteiger partial charge in [0.25, 0.3) is 0 Å². The van der Waals surface area contributed by atoms with Crippen molar-refractivity contribution < 1.29 is 13.2 Å². The summed E-state index contributed by atoms with van der Waals surface area (Å²) in [6, 6.07) is 6.79. The minimum absolute atomic E-state index is 0.184. The first-order chi connectivity index (χ1) is 14.5. The Balaban J connectivity index is 1.61. The molecule has 8 heteroatoms. The number of halogens is 3. The van der Waals surface area contributed by atoms with E-state index in [1.165, 1.54) is 16.0 Å². The molecule has 0 aromatic carbocycles. The van der Waals surface area contributed by atoms with Gasteiger partial charge in [0, 0.05) is 25.1 Å². The molecular weight excluding hydrogens is 391 g/mol. The van der Waals surface area contributed by atoms with Crippen molar-refractivity contribution in [2.75, 3.05) is 13.1 Å². The average molecular weight is 417 g/mol. The number of aryl methyl sites for hydroxylation is 1. The Morgan fingerprint density at radius 2 is 2.03 bits per heavy atom. The Hall–Kier alpha value is -2.45. The highest BCUT2D eigenvalue weighted by Crippen LogP contribution is 2.34. The lowest BCUT2D eigenvalue weighted by molar-refractivity contribution is -0.137. The van der Waals surface area contributed by atoms with Crippen molar-refractivity contribution in [3.05, 3.63) is 65.4 Å². The van der Waals surface area contributed by atoms with E-state index in [0.717, 1.165) is 62.3 Å². The number of aromatic nitrogens is 3. The lowest BCUT2D eigenvalue weighted by atomic mass is 9.90. The highest BCUT2D eigenvalue weighted by atomic mass is 19.4. The summed E-state index contributed by atoms with van der Waals surface area (Å²) in [5, 5.41) is 0. The van der Waals surface area contributed by atoms with Gasteiger partial charge in [0.2, 0.25) is 0 Å². The van der Waals surface area contributed by atoms with Gasteiger partial charge >= 0.3 is 6.18 Å². The highest BCUT2D eigenvalue weighted by Gasteiger charge is 2.31. The molecule has 5 nitrogen and oxygen atoms in total. The summed E-state index contributed by atoms with van der Waals surface area (Å²) in [5.74, 6) is 0. The summed E-state index contributed by atoms with van der Waals surface area (Å²) in [4.78, 5) is 11.6. The molecular formula is C22H26F3N5. The Labute approximate surface area is 173 Å². The molecule has 30 heavy (non-hydrogen) atoms. The van der Waals surface area contributed by atoms with Gasteiger partial charge in [-0.1, -0.05) is 6.07 Å². The van der Waals surface area contributed by atoms with Crippen molar-refractivity contribution >= 4 is 5.65 Å². The molecule has 0 bridgehead atoms. The van der Waals surface area contributed by atoms with Gasteiger partial charge in [-0.15, -0.1) is 0 Å². The van der Waals surface area contributed by atoms with Crippen LogP contribution in [0.15, 0.2) is 42.9 Å². The largest absolute Gasteiger partial charge is 0.417 e. The number of nitrogens with two attached hydrogens (primary N) is 1. The first-order valence-electron chi connectivity index (χ1n) is 10.4. The topological polar surface area (TPSA) is 59.5 Å². The number of unbranched alkanes of at least 4 members (excludes halogenated alkanes) is 1. The molecule has 0 radical (unpaired) electrons. The number of imidazole rings is 1. The zero-order valence-corrected chi connectivity index (χ0v) is 16.8. The van der Waals surface area contributed by atoms with Gasteiger partial charge in [0.05, 0.1) is 23.0 Å². The van der Waals surface area contributed by atoms with Gasteiger partial charge in [-0.25, -0.2) is 4.98 Å². The number of nitrogens with zero attached hydrogens (tertiary/aromatic N) is 4. The van der Waals surface area contributed by atoms with Crippen LogP contribution in [0.2, 0.25) is 0 Å². The monoisotopic (exact) mass is 417 g/mol. The second kappa shape index (κ2) is 8.73. The highest BCUT2D eigenvalue weighted by molar-refractivity contribution is 5.42. The molecule has 3 heterocycles. The van der Waals surface area contributed by atoms with Crippen LogP contribution in [0.25, 0.3) is 5.65 Å². The van der Waals surface area contributed by atoms with Crippen LogP contribution in [0.5, 0.6) is 0 Å². The third-order valence-corrected chi connectivity index (χ3v) is 5.70. The standard InChI is InChI=1S/C22H26F3N5/c23-22(24,25)17-8-9-20-28-18(15-30(20)13-17)14-29(12-2-1-10-26)19-7-3-5-16-6-4-11-27-21(16)19/h4,6,8-9,11,13,15,19H,1-3,5,7,10,12,14,26H2. The second-order valence-corrected chi connectivity index (χ2v) is 7.84. The van der Waals surface area contributed by atoms with Crippen LogP contribution in [0.1, 0.15) is 54.2 Å². The molecule has 160 valence electrons. The van der Waals surface area contributed by atoms with Crippen LogP contribution < -0.4 is 5.73 Å². The molecule has 1 atom stereocenters. The minimum Gasteiger partial charge on any atom is -0.330 e. The second-order valence-electron chi connectivity index (χ2n) is 7.84. The predicted octanol–water partition coefficient (Wildman–Crippen LogP) is 4.37. The van der Waals surface area contributed by atoms with E-state index in [1.54, 1.807) is 6.20 Å². The molecule has 0 spiro atoms. The first kappa shape index (κ1) is 20.8. The molecule has 0 aliphatic heterocycles. The summed E-state index contributed by atoms with van der Waals surface area (Å²) >= 11 is 0. The van der Waals surface area contributed by atoms with Crippen LogP contribution in [0.4, 0.5) is 13.2 Å². The van der Waals surface area contributed by atoms with Crippen molar-refractivity contribution in [3.8, 4) is 0 Å². The van der Waals surface area contributed by atoms with Crippen molar-refractivity contribution in [2.24, 2.45) is 5.73 Å². The summed E-state index contributed by atoms with van der Waals surface area (Å²) < 4.78 is 40.6. The maximum absolute atomic E-state index is 13.0. The lowest BCUT2D eigenvalue weighted by Crippen LogP contribution is -2.33. The molecule has 3 aromatic heterocycles. The Kier molecular flexibility index (Phi) is 6.06. The molecule has 1 aliphatic rings. The predicted molar refractivity (Wildman–Crippen MR) is 109 cm³/mol.